The zero-order valence-electron chi connectivity index (χ0n) is 4.76. The monoisotopic (exact) mass is 133 g/mol. The van der Waals surface area contributed by atoms with Crippen LogP contribution < -0.4 is 0 Å². The van der Waals surface area contributed by atoms with Crippen molar-refractivity contribution in [2.75, 3.05) is 0 Å². The quantitative estimate of drug-likeness (QED) is 0.459. The summed E-state index contributed by atoms with van der Waals surface area (Å²) in [5.41, 5.74) is 0.836. The highest BCUT2D eigenvalue weighted by Gasteiger charge is 1.94. The van der Waals surface area contributed by atoms with Crippen LogP contribution in [0.2, 0.25) is 0 Å². The summed E-state index contributed by atoms with van der Waals surface area (Å²) in [4.78, 5) is 3.79. The summed E-state index contributed by atoms with van der Waals surface area (Å²) >= 11 is 0. The van der Waals surface area contributed by atoms with Crippen molar-refractivity contribution in [1.29, 1.82) is 0 Å². The molecule has 0 bridgehead atoms. The third kappa shape index (κ3) is 0.661. The van der Waals surface area contributed by atoms with E-state index in [1.807, 2.05) is 0 Å². The molecular formula is C4HN6. The summed E-state index contributed by atoms with van der Waals surface area (Å²) in [6.45, 7) is 0. The van der Waals surface area contributed by atoms with Crippen molar-refractivity contribution in [1.82, 2.24) is 30.6 Å². The topological polar surface area (TPSA) is 77.3 Å². The minimum Gasteiger partial charge on any atom is -0.228 e. The summed E-state index contributed by atoms with van der Waals surface area (Å²) in [5.74, 6) is 0. The highest BCUT2D eigenvalue weighted by atomic mass is 15.3. The molecule has 1 radical (unpaired) electrons. The Morgan fingerprint density at radius 3 is 3.20 bits per heavy atom. The lowest BCUT2D eigenvalue weighted by molar-refractivity contribution is 0.855. The molecular weight excluding hydrogens is 132 g/mol. The van der Waals surface area contributed by atoms with Gasteiger partial charge < -0.3 is 0 Å². The lowest BCUT2D eigenvalue weighted by atomic mass is 10.6. The molecule has 2 rings (SSSR count). The molecule has 0 amide bonds. The van der Waals surface area contributed by atoms with Crippen LogP contribution in [-0.2, 0) is 0 Å². The van der Waals surface area contributed by atoms with Gasteiger partial charge in [0.15, 0.2) is 0 Å². The molecule has 0 saturated heterocycles. The first kappa shape index (κ1) is 5.10. The van der Waals surface area contributed by atoms with E-state index in [0.717, 1.165) is 0 Å². The molecule has 0 aliphatic rings. The summed E-state index contributed by atoms with van der Waals surface area (Å²) in [6, 6.07) is 0. The van der Waals surface area contributed by atoms with Crippen LogP contribution in [0.3, 0.4) is 0 Å². The van der Waals surface area contributed by atoms with E-state index in [9.17, 15) is 0 Å². The van der Waals surface area contributed by atoms with Gasteiger partial charge in [-0.05, 0) is 5.21 Å². The highest BCUT2D eigenvalue weighted by molar-refractivity contribution is 5.64. The van der Waals surface area contributed by atoms with Gasteiger partial charge in [0.1, 0.15) is 18.0 Å². The van der Waals surface area contributed by atoms with E-state index in [1.165, 1.54) is 6.33 Å². The predicted octanol–water partition coefficient (Wildman–Crippen LogP) is -0.990. The average molecular weight is 133 g/mol. The van der Waals surface area contributed by atoms with Crippen LogP contribution in [-0.4, -0.2) is 30.6 Å². The second-order valence-electron chi connectivity index (χ2n) is 1.53. The standard InChI is InChI=1S/C4HN6/c1-3-4(9-10-6-1)8-7-2-5-3/h2H. The van der Waals surface area contributed by atoms with Gasteiger partial charge in [0.05, 0.1) is 0 Å². The Morgan fingerprint density at radius 1 is 1.30 bits per heavy atom. The predicted molar refractivity (Wildman–Crippen MR) is 29.6 cm³/mol. The summed E-state index contributed by atoms with van der Waals surface area (Å²) in [7, 11) is 0. The van der Waals surface area contributed by atoms with Gasteiger partial charge in [-0.1, -0.05) is 0 Å². The van der Waals surface area contributed by atoms with Crippen LogP contribution in [0, 0.1) is 6.20 Å². The van der Waals surface area contributed by atoms with E-state index in [1.54, 1.807) is 0 Å². The lowest BCUT2D eigenvalue weighted by Crippen LogP contribution is -1.93. The zero-order valence-corrected chi connectivity index (χ0v) is 4.76. The van der Waals surface area contributed by atoms with Crippen molar-refractivity contribution >= 4 is 11.2 Å². The molecule has 0 atom stereocenters. The molecule has 2 aromatic heterocycles. The summed E-state index contributed by atoms with van der Waals surface area (Å²) in [6.07, 6.45) is 3.82. The van der Waals surface area contributed by atoms with Crippen LogP contribution in [0.15, 0.2) is 6.33 Å². The van der Waals surface area contributed by atoms with Gasteiger partial charge in [0.2, 0.25) is 5.65 Å². The Hall–Kier alpha value is -1.72. The van der Waals surface area contributed by atoms with Crippen molar-refractivity contribution in [2.24, 2.45) is 0 Å². The summed E-state index contributed by atoms with van der Waals surface area (Å²) in [5, 5.41) is 17.4. The average Bonchev–Trinajstić information content (AvgIpc) is 2.05. The molecule has 6 nitrogen and oxygen atoms in total. The second-order valence-corrected chi connectivity index (χ2v) is 1.53. The van der Waals surface area contributed by atoms with Crippen LogP contribution in [0.5, 0.6) is 0 Å². The number of nitrogens with zero attached hydrogens (tertiary/aromatic N) is 6. The third-order valence-corrected chi connectivity index (χ3v) is 0.943. The molecule has 0 unspecified atom stereocenters. The minimum atomic E-state index is 0.359. The molecule has 0 saturated carbocycles. The molecule has 2 aromatic rings. The lowest BCUT2D eigenvalue weighted by Gasteiger charge is -1.85. The molecule has 0 spiro atoms. The molecule has 0 aliphatic heterocycles. The minimum absolute atomic E-state index is 0.359. The fourth-order valence-electron chi connectivity index (χ4n) is 0.550. The maximum atomic E-state index is 3.79. The van der Waals surface area contributed by atoms with Gasteiger partial charge in [-0.2, -0.15) is 0 Å². The van der Waals surface area contributed by atoms with Gasteiger partial charge in [-0.25, -0.2) is 4.98 Å². The van der Waals surface area contributed by atoms with Crippen LogP contribution >= 0.6 is 0 Å². The van der Waals surface area contributed by atoms with Crippen LogP contribution in [0.1, 0.15) is 0 Å². The number of fused-ring (bicyclic) bond motifs is 1. The van der Waals surface area contributed by atoms with Crippen molar-refractivity contribution in [3.63, 3.8) is 0 Å². The van der Waals surface area contributed by atoms with Gasteiger partial charge in [0.25, 0.3) is 0 Å². The molecule has 2 heterocycles. The van der Waals surface area contributed by atoms with Gasteiger partial charge >= 0.3 is 0 Å². The van der Waals surface area contributed by atoms with Crippen molar-refractivity contribution in [3.8, 4) is 0 Å². The van der Waals surface area contributed by atoms with Crippen molar-refractivity contribution in [2.45, 2.75) is 0 Å². The van der Waals surface area contributed by atoms with Crippen LogP contribution in [0.25, 0.3) is 11.2 Å². The van der Waals surface area contributed by atoms with E-state index >= 15 is 0 Å². The zero-order chi connectivity index (χ0) is 6.81. The molecule has 0 N–H and O–H groups in total. The van der Waals surface area contributed by atoms with E-state index in [-0.39, 0.29) is 0 Å². The highest BCUT2D eigenvalue weighted by Crippen LogP contribution is 1.94. The number of aromatic nitrogens is 6. The first-order chi connectivity index (χ1) is 4.97. The van der Waals surface area contributed by atoms with E-state index in [4.69, 9.17) is 0 Å². The first-order valence-electron chi connectivity index (χ1n) is 2.51. The second kappa shape index (κ2) is 1.90. The SMILES string of the molecule is [c]1nnnc2nncnc12. The normalized spacial score (nSPS) is 10.0. The molecule has 10 heavy (non-hydrogen) atoms. The molecule has 0 aromatic carbocycles. The van der Waals surface area contributed by atoms with Crippen molar-refractivity contribution in [3.05, 3.63) is 12.5 Å². The number of hydrogen-bond acceptors (Lipinski definition) is 6. The fourth-order valence-corrected chi connectivity index (χ4v) is 0.550. The number of rotatable bonds is 0. The molecule has 6 heteroatoms. The van der Waals surface area contributed by atoms with Gasteiger partial charge in [-0.3, -0.25) is 0 Å². The van der Waals surface area contributed by atoms with Crippen LogP contribution in [0.4, 0.5) is 0 Å². The maximum Gasteiger partial charge on any atom is 0.226 e. The van der Waals surface area contributed by atoms with Crippen molar-refractivity contribution < 1.29 is 0 Å². The number of hydrogen-bond donors (Lipinski definition) is 0. The molecule has 0 aliphatic carbocycles. The summed E-state index contributed by atoms with van der Waals surface area (Å²) < 4.78 is 0. The maximum absolute atomic E-state index is 3.79. The van der Waals surface area contributed by atoms with E-state index in [2.05, 4.69) is 36.8 Å². The van der Waals surface area contributed by atoms with Gasteiger partial charge in [0, 0.05) is 0 Å². The first-order valence-corrected chi connectivity index (χ1v) is 2.51. The Morgan fingerprint density at radius 2 is 2.30 bits per heavy atom. The smallest absolute Gasteiger partial charge is 0.226 e. The molecule has 0 fully saturated rings. The Kier molecular flexibility index (Phi) is 0.970. The fraction of sp³-hybridized carbons (Fsp3) is 0. The van der Waals surface area contributed by atoms with E-state index < -0.39 is 0 Å². The Bertz CT molecular complexity index is 281. The van der Waals surface area contributed by atoms with Gasteiger partial charge in [-0.15, -0.1) is 20.4 Å². The Labute approximate surface area is 55.3 Å². The molecule has 47 valence electrons. The van der Waals surface area contributed by atoms with E-state index in [0.29, 0.717) is 11.2 Å². The third-order valence-electron chi connectivity index (χ3n) is 0.943. The Balaban J connectivity index is 2.89. The largest absolute Gasteiger partial charge is 0.228 e.